The molecule has 0 spiro atoms. The molecule has 0 N–H and O–H groups in total. The molecule has 4 atom stereocenters. The fraction of sp³-hybridized carbons (Fsp3) is 0.350. The number of amides is 2. The van der Waals surface area contributed by atoms with Crippen LogP contribution in [-0.4, -0.2) is 24.9 Å². The van der Waals surface area contributed by atoms with Crippen LogP contribution in [0, 0.1) is 23.7 Å². The molecule has 128 valence electrons. The molecule has 2 amide bonds. The number of methoxy groups -OCH3 is 1. The Morgan fingerprint density at radius 2 is 1.64 bits per heavy atom. The van der Waals surface area contributed by atoms with Gasteiger partial charge in [0.05, 0.1) is 30.2 Å². The second-order valence-corrected chi connectivity index (χ2v) is 7.00. The van der Waals surface area contributed by atoms with Crippen LogP contribution in [0.4, 0.5) is 5.69 Å². The maximum atomic E-state index is 13.0. The van der Waals surface area contributed by atoms with Crippen LogP contribution in [0.5, 0.6) is 0 Å². The number of rotatable bonds is 2. The average Bonchev–Trinajstić information content (AvgIpc) is 3.24. The Hall–Kier alpha value is -2.69. The standard InChI is InChI=1S/C20H19NO4/c1-10(2)15-13-7-8-14(15)17-16(13)18(22)21(19(17)23)12-6-4-5-11(9-12)20(24)25-3/h4-9,13-14,16-17H,1-3H3/t13-,14-,16-,17-/m0/s1. The van der Waals surface area contributed by atoms with Crippen molar-refractivity contribution < 1.29 is 19.1 Å². The van der Waals surface area contributed by atoms with Gasteiger partial charge in [-0.15, -0.1) is 0 Å². The maximum absolute atomic E-state index is 13.0. The van der Waals surface area contributed by atoms with Gasteiger partial charge in [-0.2, -0.15) is 0 Å². The summed E-state index contributed by atoms with van der Waals surface area (Å²) in [6.07, 6.45) is 4.13. The van der Waals surface area contributed by atoms with E-state index in [0.717, 1.165) is 0 Å². The predicted octanol–water partition coefficient (Wildman–Crippen LogP) is 2.73. The smallest absolute Gasteiger partial charge is 0.337 e. The van der Waals surface area contributed by atoms with Crippen molar-refractivity contribution in [3.05, 3.63) is 53.1 Å². The van der Waals surface area contributed by atoms with E-state index >= 15 is 0 Å². The molecule has 0 radical (unpaired) electrons. The third-order valence-electron chi connectivity index (χ3n) is 5.52. The largest absolute Gasteiger partial charge is 0.465 e. The minimum atomic E-state index is -0.491. The lowest BCUT2D eigenvalue weighted by Crippen LogP contribution is -2.33. The SMILES string of the molecule is COC(=O)c1cccc(N2C(=O)[C@@H]3[C@@H](C2=O)[C@H]2C=C[C@H]3C2=C(C)C)c1. The number of fused-ring (bicyclic) bond motifs is 5. The van der Waals surface area contributed by atoms with E-state index in [2.05, 4.69) is 12.2 Å². The number of carbonyl (C=O) groups excluding carboxylic acids is 3. The molecule has 2 fully saturated rings. The van der Waals surface area contributed by atoms with Gasteiger partial charge in [-0.1, -0.05) is 29.4 Å². The van der Waals surface area contributed by atoms with E-state index in [4.69, 9.17) is 4.74 Å². The van der Waals surface area contributed by atoms with Crippen LogP contribution in [0.25, 0.3) is 0 Å². The van der Waals surface area contributed by atoms with Crippen LogP contribution >= 0.6 is 0 Å². The van der Waals surface area contributed by atoms with Crippen LogP contribution in [0.3, 0.4) is 0 Å². The molecule has 1 saturated heterocycles. The number of allylic oxidation sites excluding steroid dienone is 4. The van der Waals surface area contributed by atoms with Crippen LogP contribution in [0.1, 0.15) is 24.2 Å². The maximum Gasteiger partial charge on any atom is 0.337 e. The van der Waals surface area contributed by atoms with E-state index in [1.54, 1.807) is 24.3 Å². The van der Waals surface area contributed by atoms with Crippen molar-refractivity contribution >= 4 is 23.5 Å². The summed E-state index contributed by atoms with van der Waals surface area (Å²) in [4.78, 5) is 39.1. The van der Waals surface area contributed by atoms with E-state index in [0.29, 0.717) is 11.3 Å². The zero-order valence-electron chi connectivity index (χ0n) is 14.4. The third kappa shape index (κ3) is 2.05. The molecule has 5 nitrogen and oxygen atoms in total. The number of benzene rings is 1. The van der Waals surface area contributed by atoms with Crippen molar-refractivity contribution in [1.82, 2.24) is 0 Å². The zero-order chi connectivity index (χ0) is 17.9. The highest BCUT2D eigenvalue weighted by Crippen LogP contribution is 2.57. The number of esters is 1. The molecule has 5 heteroatoms. The summed E-state index contributed by atoms with van der Waals surface area (Å²) in [5.74, 6) is -1.45. The van der Waals surface area contributed by atoms with Crippen molar-refractivity contribution in [3.63, 3.8) is 0 Å². The number of nitrogens with zero attached hydrogens (tertiary/aromatic N) is 1. The van der Waals surface area contributed by atoms with Crippen LogP contribution < -0.4 is 4.90 Å². The quantitative estimate of drug-likeness (QED) is 0.473. The molecule has 2 aliphatic carbocycles. The van der Waals surface area contributed by atoms with Gasteiger partial charge >= 0.3 is 5.97 Å². The van der Waals surface area contributed by atoms with Gasteiger partial charge in [-0.3, -0.25) is 9.59 Å². The Labute approximate surface area is 146 Å². The highest BCUT2D eigenvalue weighted by Gasteiger charge is 2.61. The fourth-order valence-electron chi connectivity index (χ4n) is 4.57. The second kappa shape index (κ2) is 5.41. The number of imide groups is 1. The summed E-state index contributed by atoms with van der Waals surface area (Å²) in [5.41, 5.74) is 3.17. The summed E-state index contributed by atoms with van der Waals surface area (Å²) in [5, 5.41) is 0. The van der Waals surface area contributed by atoms with E-state index < -0.39 is 5.97 Å². The first-order valence-electron chi connectivity index (χ1n) is 8.37. The highest BCUT2D eigenvalue weighted by atomic mass is 16.5. The van der Waals surface area contributed by atoms with Gasteiger partial charge in [0.1, 0.15) is 0 Å². The molecule has 4 rings (SSSR count). The molecular weight excluding hydrogens is 318 g/mol. The highest BCUT2D eigenvalue weighted by molar-refractivity contribution is 6.23. The van der Waals surface area contributed by atoms with Gasteiger partial charge in [0.25, 0.3) is 0 Å². The predicted molar refractivity (Wildman–Crippen MR) is 91.7 cm³/mol. The zero-order valence-corrected chi connectivity index (χ0v) is 14.4. The molecule has 1 saturated carbocycles. The molecule has 1 heterocycles. The van der Waals surface area contributed by atoms with Crippen LogP contribution in [0.2, 0.25) is 0 Å². The monoisotopic (exact) mass is 337 g/mol. The van der Waals surface area contributed by atoms with E-state index in [9.17, 15) is 14.4 Å². The molecule has 1 aromatic rings. The van der Waals surface area contributed by atoms with Crippen molar-refractivity contribution in [2.75, 3.05) is 12.0 Å². The lowest BCUT2D eigenvalue weighted by Gasteiger charge is -2.19. The number of hydrogen-bond acceptors (Lipinski definition) is 4. The minimum absolute atomic E-state index is 0.0187. The van der Waals surface area contributed by atoms with Gasteiger partial charge in [0.2, 0.25) is 11.8 Å². The molecule has 3 aliphatic rings. The van der Waals surface area contributed by atoms with Crippen molar-refractivity contribution in [2.24, 2.45) is 23.7 Å². The number of ether oxygens (including phenoxy) is 1. The summed E-state index contributed by atoms with van der Waals surface area (Å²) < 4.78 is 4.72. The van der Waals surface area contributed by atoms with E-state index in [1.807, 2.05) is 13.8 Å². The first-order valence-corrected chi connectivity index (χ1v) is 8.37. The Morgan fingerprint density at radius 1 is 1.04 bits per heavy atom. The van der Waals surface area contributed by atoms with Crippen LogP contribution in [-0.2, 0) is 14.3 Å². The molecule has 2 bridgehead atoms. The second-order valence-electron chi connectivity index (χ2n) is 7.00. The minimum Gasteiger partial charge on any atom is -0.465 e. The van der Waals surface area contributed by atoms with Gasteiger partial charge in [0.15, 0.2) is 0 Å². The summed E-state index contributed by atoms with van der Waals surface area (Å²) in [6, 6.07) is 6.48. The molecule has 0 aromatic heterocycles. The van der Waals surface area contributed by atoms with Crippen LogP contribution in [0.15, 0.2) is 47.6 Å². The van der Waals surface area contributed by atoms with Crippen molar-refractivity contribution in [3.8, 4) is 0 Å². The lowest BCUT2D eigenvalue weighted by atomic mass is 9.85. The molecule has 1 aromatic carbocycles. The van der Waals surface area contributed by atoms with Gasteiger partial charge < -0.3 is 4.74 Å². The average molecular weight is 337 g/mol. The number of carbonyl (C=O) groups is 3. The summed E-state index contributed by atoms with van der Waals surface area (Å²) >= 11 is 0. The number of anilines is 1. The number of hydrogen-bond donors (Lipinski definition) is 0. The van der Waals surface area contributed by atoms with Crippen molar-refractivity contribution in [2.45, 2.75) is 13.8 Å². The normalized spacial score (nSPS) is 29.4. The van der Waals surface area contributed by atoms with Gasteiger partial charge in [-0.05, 0) is 32.0 Å². The van der Waals surface area contributed by atoms with Gasteiger partial charge in [-0.25, -0.2) is 9.69 Å². The Kier molecular flexibility index (Phi) is 3.42. The topological polar surface area (TPSA) is 63.7 Å². The fourth-order valence-corrected chi connectivity index (χ4v) is 4.57. The Morgan fingerprint density at radius 3 is 2.16 bits per heavy atom. The first-order chi connectivity index (χ1) is 12.0. The lowest BCUT2D eigenvalue weighted by molar-refractivity contribution is -0.122. The molecule has 25 heavy (non-hydrogen) atoms. The molecular formula is C20H19NO4. The van der Waals surface area contributed by atoms with E-state index in [1.165, 1.54) is 23.2 Å². The molecule has 0 unspecified atom stereocenters. The summed E-state index contributed by atoms with van der Waals surface area (Å²) in [7, 11) is 1.30. The Bertz CT molecular complexity index is 828. The first kappa shape index (κ1) is 15.8. The van der Waals surface area contributed by atoms with Gasteiger partial charge in [0, 0.05) is 11.8 Å². The molecule has 1 aliphatic heterocycles. The summed E-state index contributed by atoms with van der Waals surface area (Å²) in [6.45, 7) is 4.08. The van der Waals surface area contributed by atoms with E-state index in [-0.39, 0.29) is 35.5 Å². The Balaban J connectivity index is 1.73. The third-order valence-corrected chi connectivity index (χ3v) is 5.52. The van der Waals surface area contributed by atoms with Crippen molar-refractivity contribution in [1.29, 1.82) is 0 Å².